The van der Waals surface area contributed by atoms with Gasteiger partial charge in [-0.1, -0.05) is 50.2 Å². The molecule has 112 valence electrons. The fourth-order valence-corrected chi connectivity index (χ4v) is 2.26. The Morgan fingerprint density at radius 1 is 0.952 bits per heavy atom. The Labute approximate surface area is 125 Å². The molecule has 21 heavy (non-hydrogen) atoms. The maximum absolute atomic E-state index is 13.7. The van der Waals surface area contributed by atoms with E-state index in [9.17, 15) is 8.78 Å². The van der Waals surface area contributed by atoms with E-state index in [2.05, 4.69) is 43.4 Å². The van der Waals surface area contributed by atoms with Crippen molar-refractivity contribution < 1.29 is 8.78 Å². The van der Waals surface area contributed by atoms with E-state index < -0.39 is 11.6 Å². The monoisotopic (exact) mass is 289 g/mol. The smallest absolute Gasteiger partial charge is 0.163 e. The SMILES string of the molecule is CC(C)c1ccc(CNC(C)c2cccc(F)c2F)cc1. The second-order valence-corrected chi connectivity index (χ2v) is 5.64. The van der Waals surface area contributed by atoms with Crippen LogP contribution in [0.25, 0.3) is 0 Å². The highest BCUT2D eigenvalue weighted by Gasteiger charge is 2.13. The van der Waals surface area contributed by atoms with E-state index in [-0.39, 0.29) is 6.04 Å². The fraction of sp³-hybridized carbons (Fsp3) is 0.333. The molecular weight excluding hydrogens is 268 g/mol. The summed E-state index contributed by atoms with van der Waals surface area (Å²) in [4.78, 5) is 0. The maximum atomic E-state index is 13.7. The van der Waals surface area contributed by atoms with E-state index in [1.807, 2.05) is 6.92 Å². The molecule has 2 aromatic carbocycles. The first kappa shape index (κ1) is 15.6. The summed E-state index contributed by atoms with van der Waals surface area (Å²) in [5.41, 5.74) is 2.78. The highest BCUT2D eigenvalue weighted by atomic mass is 19.2. The Kier molecular flexibility index (Phi) is 5.07. The third-order valence-electron chi connectivity index (χ3n) is 3.71. The van der Waals surface area contributed by atoms with Crippen molar-refractivity contribution in [1.29, 1.82) is 0 Å². The molecule has 1 unspecified atom stereocenters. The van der Waals surface area contributed by atoms with Crippen molar-refractivity contribution in [2.24, 2.45) is 0 Å². The van der Waals surface area contributed by atoms with E-state index in [0.717, 1.165) is 11.6 Å². The van der Waals surface area contributed by atoms with Crippen LogP contribution in [0.2, 0.25) is 0 Å². The van der Waals surface area contributed by atoms with Crippen molar-refractivity contribution in [2.45, 2.75) is 39.3 Å². The first-order chi connectivity index (χ1) is 9.99. The van der Waals surface area contributed by atoms with Crippen LogP contribution in [-0.2, 0) is 6.54 Å². The van der Waals surface area contributed by atoms with Gasteiger partial charge in [0, 0.05) is 18.2 Å². The highest BCUT2D eigenvalue weighted by Crippen LogP contribution is 2.20. The van der Waals surface area contributed by atoms with Gasteiger partial charge in [0.2, 0.25) is 0 Å². The van der Waals surface area contributed by atoms with E-state index in [1.54, 1.807) is 6.07 Å². The van der Waals surface area contributed by atoms with Gasteiger partial charge in [0.05, 0.1) is 0 Å². The van der Waals surface area contributed by atoms with Gasteiger partial charge in [-0.2, -0.15) is 0 Å². The van der Waals surface area contributed by atoms with Crippen molar-refractivity contribution in [3.05, 3.63) is 70.8 Å². The molecule has 2 aromatic rings. The average Bonchev–Trinajstić information content (AvgIpc) is 2.48. The van der Waals surface area contributed by atoms with Gasteiger partial charge in [0.15, 0.2) is 11.6 Å². The summed E-state index contributed by atoms with van der Waals surface area (Å²) in [6, 6.07) is 12.4. The predicted molar refractivity (Wildman–Crippen MR) is 82.1 cm³/mol. The van der Waals surface area contributed by atoms with Crippen LogP contribution in [0.1, 0.15) is 49.4 Å². The first-order valence-corrected chi connectivity index (χ1v) is 7.25. The molecule has 0 saturated heterocycles. The number of benzene rings is 2. The van der Waals surface area contributed by atoms with Gasteiger partial charge < -0.3 is 5.32 Å². The number of hydrogen-bond donors (Lipinski definition) is 1. The summed E-state index contributed by atoms with van der Waals surface area (Å²) >= 11 is 0. The van der Waals surface area contributed by atoms with Gasteiger partial charge in [-0.15, -0.1) is 0 Å². The lowest BCUT2D eigenvalue weighted by Gasteiger charge is -2.16. The second kappa shape index (κ2) is 6.81. The van der Waals surface area contributed by atoms with Crippen LogP contribution in [0, 0.1) is 11.6 Å². The molecule has 0 bridgehead atoms. The Morgan fingerprint density at radius 2 is 1.62 bits per heavy atom. The molecule has 2 rings (SSSR count). The molecule has 0 aliphatic rings. The minimum absolute atomic E-state index is 0.245. The van der Waals surface area contributed by atoms with Crippen LogP contribution in [0.4, 0.5) is 8.78 Å². The normalized spacial score (nSPS) is 12.7. The molecule has 0 saturated carbocycles. The predicted octanol–water partition coefficient (Wildman–Crippen LogP) is 4.94. The Balaban J connectivity index is 2.00. The van der Waals surface area contributed by atoms with Crippen LogP contribution < -0.4 is 5.32 Å². The quantitative estimate of drug-likeness (QED) is 0.822. The number of rotatable bonds is 5. The Morgan fingerprint density at radius 3 is 2.24 bits per heavy atom. The topological polar surface area (TPSA) is 12.0 Å². The van der Waals surface area contributed by atoms with Gasteiger partial charge in [-0.25, -0.2) is 8.78 Å². The maximum Gasteiger partial charge on any atom is 0.163 e. The van der Waals surface area contributed by atoms with Crippen LogP contribution in [0.3, 0.4) is 0 Å². The largest absolute Gasteiger partial charge is 0.306 e. The van der Waals surface area contributed by atoms with E-state index in [1.165, 1.54) is 11.6 Å². The number of halogens is 2. The lowest BCUT2D eigenvalue weighted by molar-refractivity contribution is 0.472. The molecule has 0 heterocycles. The third-order valence-corrected chi connectivity index (χ3v) is 3.71. The van der Waals surface area contributed by atoms with Gasteiger partial charge in [-0.3, -0.25) is 0 Å². The molecule has 0 aromatic heterocycles. The molecule has 0 fully saturated rings. The molecule has 1 N–H and O–H groups in total. The van der Waals surface area contributed by atoms with E-state index in [0.29, 0.717) is 18.0 Å². The zero-order chi connectivity index (χ0) is 15.4. The van der Waals surface area contributed by atoms with Crippen LogP contribution in [0.15, 0.2) is 42.5 Å². The van der Waals surface area contributed by atoms with E-state index >= 15 is 0 Å². The molecule has 1 nitrogen and oxygen atoms in total. The standard InChI is InChI=1S/C18H21F2N/c1-12(2)15-9-7-14(8-10-15)11-21-13(3)16-5-4-6-17(19)18(16)20/h4-10,12-13,21H,11H2,1-3H3. The number of nitrogens with one attached hydrogen (secondary N) is 1. The van der Waals surface area contributed by atoms with Crippen LogP contribution >= 0.6 is 0 Å². The van der Waals surface area contributed by atoms with Crippen molar-refractivity contribution in [3.63, 3.8) is 0 Å². The Bertz CT molecular complexity index is 591. The third kappa shape index (κ3) is 3.88. The van der Waals surface area contributed by atoms with Crippen molar-refractivity contribution >= 4 is 0 Å². The van der Waals surface area contributed by atoms with Crippen LogP contribution in [-0.4, -0.2) is 0 Å². The summed E-state index contributed by atoms with van der Waals surface area (Å²) in [7, 11) is 0. The molecule has 3 heteroatoms. The first-order valence-electron chi connectivity index (χ1n) is 7.25. The summed E-state index contributed by atoms with van der Waals surface area (Å²) < 4.78 is 26.9. The second-order valence-electron chi connectivity index (χ2n) is 5.64. The van der Waals surface area contributed by atoms with Crippen molar-refractivity contribution in [3.8, 4) is 0 Å². The summed E-state index contributed by atoms with van der Waals surface area (Å²) in [6.07, 6.45) is 0. The van der Waals surface area contributed by atoms with Gasteiger partial charge in [0.25, 0.3) is 0 Å². The minimum Gasteiger partial charge on any atom is -0.306 e. The minimum atomic E-state index is -0.803. The molecule has 1 atom stereocenters. The Hall–Kier alpha value is -1.74. The lowest BCUT2D eigenvalue weighted by Crippen LogP contribution is -2.19. The molecule has 0 aliphatic heterocycles. The molecule has 0 aliphatic carbocycles. The zero-order valence-corrected chi connectivity index (χ0v) is 12.7. The summed E-state index contributed by atoms with van der Waals surface area (Å²) in [5, 5.41) is 3.23. The van der Waals surface area contributed by atoms with Gasteiger partial charge in [0.1, 0.15) is 0 Å². The molecule has 0 spiro atoms. The lowest BCUT2D eigenvalue weighted by atomic mass is 10.0. The van der Waals surface area contributed by atoms with Crippen molar-refractivity contribution in [2.75, 3.05) is 0 Å². The highest BCUT2D eigenvalue weighted by molar-refractivity contribution is 5.25. The molecule has 0 radical (unpaired) electrons. The molecular formula is C18H21F2N. The van der Waals surface area contributed by atoms with Gasteiger partial charge in [-0.05, 0) is 30.0 Å². The van der Waals surface area contributed by atoms with Crippen molar-refractivity contribution in [1.82, 2.24) is 5.32 Å². The van der Waals surface area contributed by atoms with E-state index in [4.69, 9.17) is 0 Å². The molecule has 0 amide bonds. The summed E-state index contributed by atoms with van der Waals surface area (Å²) in [6.45, 7) is 6.76. The van der Waals surface area contributed by atoms with Gasteiger partial charge >= 0.3 is 0 Å². The number of hydrogen-bond acceptors (Lipinski definition) is 1. The average molecular weight is 289 g/mol. The zero-order valence-electron chi connectivity index (χ0n) is 12.7. The van der Waals surface area contributed by atoms with Crippen LogP contribution in [0.5, 0.6) is 0 Å². The fourth-order valence-electron chi connectivity index (χ4n) is 2.26. The summed E-state index contributed by atoms with van der Waals surface area (Å²) in [5.74, 6) is -1.07.